The Kier molecular flexibility index (Phi) is 7.18. The Morgan fingerprint density at radius 3 is 2.62 bits per heavy atom. The maximum Gasteiger partial charge on any atom is 0.337 e. The number of nitrogens with one attached hydrogen (secondary N) is 1. The van der Waals surface area contributed by atoms with Gasteiger partial charge in [0, 0.05) is 17.6 Å². The van der Waals surface area contributed by atoms with Gasteiger partial charge in [-0.2, -0.15) is 0 Å². The van der Waals surface area contributed by atoms with Crippen LogP contribution in [0.1, 0.15) is 30.1 Å². The van der Waals surface area contributed by atoms with Gasteiger partial charge in [-0.3, -0.25) is 0 Å². The van der Waals surface area contributed by atoms with E-state index in [1.165, 1.54) is 17.0 Å². The molecule has 0 unspecified atom stereocenters. The molecule has 1 aromatic carbocycles. The van der Waals surface area contributed by atoms with E-state index >= 15 is 0 Å². The average molecular weight is 359 g/mol. The monoisotopic (exact) mass is 358 g/mol. The molecule has 1 aromatic rings. The highest BCUT2D eigenvalue weighted by Gasteiger charge is 2.17. The molecule has 7 heteroatoms. The lowest BCUT2D eigenvalue weighted by Crippen LogP contribution is -2.38. The second kappa shape index (κ2) is 8.63. The topological polar surface area (TPSA) is 89.9 Å². The van der Waals surface area contributed by atoms with Crippen molar-refractivity contribution in [1.29, 1.82) is 0 Å². The molecule has 6 nitrogen and oxygen atoms in total. The Morgan fingerprint density at radius 1 is 1.33 bits per heavy atom. The Morgan fingerprint density at radius 2 is 2.05 bits per heavy atom. The summed E-state index contributed by atoms with van der Waals surface area (Å²) in [6, 6.07) is 4.20. The van der Waals surface area contributed by atoms with Crippen molar-refractivity contribution < 1.29 is 19.8 Å². The van der Waals surface area contributed by atoms with Gasteiger partial charge in [0.15, 0.2) is 0 Å². The highest BCUT2D eigenvalue weighted by atomic mass is 79.9. The Hall–Kier alpha value is -1.60. The van der Waals surface area contributed by atoms with Crippen LogP contribution in [0, 0.1) is 0 Å². The summed E-state index contributed by atoms with van der Waals surface area (Å²) in [5.74, 6) is -1.12. The van der Waals surface area contributed by atoms with Crippen LogP contribution in [0.2, 0.25) is 0 Å². The minimum Gasteiger partial charge on any atom is -0.478 e. The number of benzene rings is 1. The molecular formula is C14H19BrN2O4. The minimum absolute atomic E-state index is 0.0113. The summed E-state index contributed by atoms with van der Waals surface area (Å²) in [4.78, 5) is 24.8. The molecule has 0 spiro atoms. The number of halogens is 1. The third-order valence-corrected chi connectivity index (χ3v) is 3.39. The molecule has 0 atom stereocenters. The molecule has 0 saturated carbocycles. The number of carbonyl (C=O) groups excluding carboxylic acids is 1. The number of carbonyl (C=O) groups is 2. The van der Waals surface area contributed by atoms with E-state index in [0.717, 1.165) is 12.8 Å². The molecule has 1 rings (SSSR count). The summed E-state index contributed by atoms with van der Waals surface area (Å²) in [5, 5.41) is 20.8. The Labute approximate surface area is 131 Å². The molecule has 2 amide bonds. The first-order valence-electron chi connectivity index (χ1n) is 6.69. The van der Waals surface area contributed by atoms with Gasteiger partial charge in [-0.15, -0.1) is 0 Å². The highest BCUT2D eigenvalue weighted by molar-refractivity contribution is 9.10. The number of nitrogens with zero attached hydrogens (tertiary/aromatic N) is 1. The first kappa shape index (κ1) is 17.5. The van der Waals surface area contributed by atoms with E-state index in [-0.39, 0.29) is 24.4 Å². The molecule has 0 radical (unpaired) electrons. The zero-order chi connectivity index (χ0) is 15.8. The molecule has 3 N–H and O–H groups in total. The molecule has 0 saturated heterocycles. The fourth-order valence-electron chi connectivity index (χ4n) is 1.78. The van der Waals surface area contributed by atoms with Gasteiger partial charge in [-0.25, -0.2) is 9.59 Å². The Balaban J connectivity index is 2.87. The highest BCUT2D eigenvalue weighted by Crippen LogP contribution is 2.21. The molecule has 0 bridgehead atoms. The van der Waals surface area contributed by atoms with Crippen molar-refractivity contribution in [2.75, 3.05) is 25.0 Å². The van der Waals surface area contributed by atoms with Crippen molar-refractivity contribution in [1.82, 2.24) is 4.90 Å². The number of unbranched alkanes of at least 4 members (excludes halogenated alkanes) is 1. The number of urea groups is 1. The summed E-state index contributed by atoms with van der Waals surface area (Å²) in [5.41, 5.74) is 0.243. The molecule has 21 heavy (non-hydrogen) atoms. The lowest BCUT2D eigenvalue weighted by molar-refractivity contribution is 0.0698. The van der Waals surface area contributed by atoms with Crippen LogP contribution < -0.4 is 5.32 Å². The lowest BCUT2D eigenvalue weighted by Gasteiger charge is -2.22. The molecule has 0 aliphatic heterocycles. The number of aromatic carboxylic acids is 1. The number of carboxylic acid groups (broad SMARTS) is 1. The van der Waals surface area contributed by atoms with Crippen molar-refractivity contribution in [2.45, 2.75) is 19.8 Å². The number of anilines is 1. The van der Waals surface area contributed by atoms with Crippen molar-refractivity contribution in [3.63, 3.8) is 0 Å². The SMILES string of the molecule is CCCCN(CCO)C(=O)Nc1ccc(Br)cc1C(=O)O. The van der Waals surface area contributed by atoms with Crippen molar-refractivity contribution in [3.05, 3.63) is 28.2 Å². The normalized spacial score (nSPS) is 10.2. The maximum absolute atomic E-state index is 12.2. The van der Waals surface area contributed by atoms with Gasteiger partial charge >= 0.3 is 12.0 Å². The van der Waals surface area contributed by atoms with Crippen molar-refractivity contribution in [3.8, 4) is 0 Å². The lowest BCUT2D eigenvalue weighted by atomic mass is 10.2. The molecule has 0 fully saturated rings. The standard InChI is InChI=1S/C14H19BrN2O4/c1-2-3-6-17(7-8-18)14(21)16-12-5-4-10(15)9-11(12)13(19)20/h4-5,9,18H,2-3,6-8H2,1H3,(H,16,21)(H,19,20). The van der Waals surface area contributed by atoms with Crippen LogP contribution in [0.25, 0.3) is 0 Å². The van der Waals surface area contributed by atoms with Gasteiger partial charge < -0.3 is 20.4 Å². The van der Waals surface area contributed by atoms with Gasteiger partial charge in [0.2, 0.25) is 0 Å². The first-order chi connectivity index (χ1) is 9.99. The van der Waals surface area contributed by atoms with Crippen LogP contribution in [0.15, 0.2) is 22.7 Å². The van der Waals surface area contributed by atoms with Crippen molar-refractivity contribution >= 4 is 33.6 Å². The minimum atomic E-state index is -1.12. The number of rotatable bonds is 7. The Bertz CT molecular complexity index is 508. The maximum atomic E-state index is 12.2. The predicted molar refractivity (Wildman–Crippen MR) is 83.7 cm³/mol. The van der Waals surface area contributed by atoms with E-state index in [4.69, 9.17) is 10.2 Å². The largest absolute Gasteiger partial charge is 0.478 e. The number of amides is 2. The van der Waals surface area contributed by atoms with Crippen LogP contribution >= 0.6 is 15.9 Å². The number of aliphatic hydroxyl groups is 1. The molecule has 0 aliphatic rings. The van der Waals surface area contributed by atoms with Gasteiger partial charge in [0.1, 0.15) is 0 Å². The zero-order valence-corrected chi connectivity index (χ0v) is 13.4. The van der Waals surface area contributed by atoms with Gasteiger partial charge in [-0.05, 0) is 24.6 Å². The number of carboxylic acids is 1. The zero-order valence-electron chi connectivity index (χ0n) is 11.8. The average Bonchev–Trinajstić information content (AvgIpc) is 2.45. The smallest absolute Gasteiger partial charge is 0.337 e. The van der Waals surface area contributed by atoms with Gasteiger partial charge in [0.05, 0.1) is 17.9 Å². The fourth-order valence-corrected chi connectivity index (χ4v) is 2.14. The van der Waals surface area contributed by atoms with Crippen LogP contribution in [0.3, 0.4) is 0 Å². The summed E-state index contributed by atoms with van der Waals surface area (Å²) in [7, 11) is 0. The summed E-state index contributed by atoms with van der Waals surface area (Å²) in [6.07, 6.45) is 1.74. The van der Waals surface area contributed by atoms with E-state index in [9.17, 15) is 9.59 Å². The van der Waals surface area contributed by atoms with E-state index in [2.05, 4.69) is 21.2 Å². The van der Waals surface area contributed by atoms with Crippen LogP contribution in [0.4, 0.5) is 10.5 Å². The third-order valence-electron chi connectivity index (χ3n) is 2.89. The first-order valence-corrected chi connectivity index (χ1v) is 7.48. The third kappa shape index (κ3) is 5.35. The van der Waals surface area contributed by atoms with Crippen LogP contribution in [-0.2, 0) is 0 Å². The van der Waals surface area contributed by atoms with Crippen LogP contribution in [0.5, 0.6) is 0 Å². The molecule has 116 valence electrons. The number of hydrogen-bond acceptors (Lipinski definition) is 3. The summed E-state index contributed by atoms with van der Waals surface area (Å²) >= 11 is 3.20. The predicted octanol–water partition coefficient (Wildman–Crippen LogP) is 2.77. The van der Waals surface area contributed by atoms with Crippen molar-refractivity contribution in [2.24, 2.45) is 0 Å². The van der Waals surface area contributed by atoms with Gasteiger partial charge in [0.25, 0.3) is 0 Å². The van der Waals surface area contributed by atoms with Gasteiger partial charge in [-0.1, -0.05) is 29.3 Å². The second-order valence-electron chi connectivity index (χ2n) is 4.49. The number of aliphatic hydroxyl groups excluding tert-OH is 1. The summed E-state index contributed by atoms with van der Waals surface area (Å²) < 4.78 is 0.621. The van der Waals surface area contributed by atoms with E-state index in [1.807, 2.05) is 6.92 Å². The fraction of sp³-hybridized carbons (Fsp3) is 0.429. The molecule has 0 aromatic heterocycles. The second-order valence-corrected chi connectivity index (χ2v) is 5.41. The molecular weight excluding hydrogens is 340 g/mol. The van der Waals surface area contributed by atoms with Crippen LogP contribution in [-0.4, -0.2) is 46.8 Å². The number of hydrogen-bond donors (Lipinski definition) is 3. The molecule has 0 heterocycles. The van der Waals surface area contributed by atoms with E-state index in [0.29, 0.717) is 11.0 Å². The summed E-state index contributed by atoms with van der Waals surface area (Å²) in [6.45, 7) is 2.60. The molecule has 0 aliphatic carbocycles. The van der Waals surface area contributed by atoms with E-state index in [1.54, 1.807) is 6.07 Å². The quantitative estimate of drug-likeness (QED) is 0.698. The van der Waals surface area contributed by atoms with E-state index < -0.39 is 12.0 Å².